The van der Waals surface area contributed by atoms with Crippen LogP contribution in [0.2, 0.25) is 0 Å². The van der Waals surface area contributed by atoms with Crippen molar-refractivity contribution in [2.24, 2.45) is 0 Å². The van der Waals surface area contributed by atoms with Crippen molar-refractivity contribution in [2.45, 2.75) is 6.54 Å². The number of benzene rings is 4. The standard InChI is InChI=1S/C29H19N2O/c1-3-13-26-22(9-1)23-15-16-30-18-27(23)31(26)20-8-5-7-19(17-20)21-11-6-12-25-24-10-2-4-14-28(24)32-29(21)25/h1-17H,18H2/q-1. The molecular weight excluding hydrogens is 392 g/mol. The van der Waals surface area contributed by atoms with Gasteiger partial charge in [0.15, 0.2) is 0 Å². The van der Waals surface area contributed by atoms with Crippen molar-refractivity contribution in [3.05, 3.63) is 114 Å². The highest BCUT2D eigenvalue weighted by Crippen LogP contribution is 2.38. The van der Waals surface area contributed by atoms with Gasteiger partial charge in [-0.15, -0.1) is 0 Å². The lowest BCUT2D eigenvalue weighted by Gasteiger charge is -2.23. The minimum atomic E-state index is 0.684. The van der Waals surface area contributed by atoms with Crippen LogP contribution in [-0.2, 0) is 6.54 Å². The van der Waals surface area contributed by atoms with Crippen LogP contribution in [-0.4, -0.2) is 4.57 Å². The second-order valence-corrected chi connectivity index (χ2v) is 8.20. The van der Waals surface area contributed by atoms with Crippen molar-refractivity contribution in [3.8, 4) is 16.8 Å². The first-order valence-electron chi connectivity index (χ1n) is 10.8. The third-order valence-electron chi connectivity index (χ3n) is 6.42. The Bertz CT molecular complexity index is 1680. The van der Waals surface area contributed by atoms with Crippen LogP contribution in [0.5, 0.6) is 0 Å². The number of hydrogen-bond donors (Lipinski definition) is 0. The molecule has 4 aromatic carbocycles. The maximum atomic E-state index is 6.30. The van der Waals surface area contributed by atoms with E-state index in [-0.39, 0.29) is 0 Å². The molecule has 32 heavy (non-hydrogen) atoms. The van der Waals surface area contributed by atoms with Crippen molar-refractivity contribution >= 4 is 38.9 Å². The second-order valence-electron chi connectivity index (χ2n) is 8.20. The molecule has 152 valence electrons. The van der Waals surface area contributed by atoms with E-state index in [0.29, 0.717) is 6.54 Å². The summed E-state index contributed by atoms with van der Waals surface area (Å²) in [5.41, 5.74) is 8.94. The molecule has 0 atom stereocenters. The van der Waals surface area contributed by atoms with E-state index in [0.717, 1.165) is 38.8 Å². The van der Waals surface area contributed by atoms with Gasteiger partial charge in [-0.3, -0.25) is 0 Å². The van der Waals surface area contributed by atoms with Gasteiger partial charge in [0.25, 0.3) is 0 Å². The summed E-state index contributed by atoms with van der Waals surface area (Å²) in [6, 6.07) is 31.9. The molecule has 0 unspecified atom stereocenters. The van der Waals surface area contributed by atoms with Crippen LogP contribution in [0.3, 0.4) is 0 Å². The minimum Gasteiger partial charge on any atom is -0.686 e. The summed E-state index contributed by atoms with van der Waals surface area (Å²) in [6.07, 6.45) is 4.04. The normalized spacial score (nSPS) is 13.0. The first-order valence-corrected chi connectivity index (χ1v) is 10.8. The van der Waals surface area contributed by atoms with E-state index >= 15 is 0 Å². The topological polar surface area (TPSA) is 32.2 Å². The zero-order chi connectivity index (χ0) is 21.1. The van der Waals surface area contributed by atoms with Gasteiger partial charge in [-0.1, -0.05) is 79.4 Å². The lowest BCUT2D eigenvalue weighted by atomic mass is 10.0. The zero-order valence-corrected chi connectivity index (χ0v) is 17.3. The molecule has 6 aromatic rings. The predicted octanol–water partition coefficient (Wildman–Crippen LogP) is 8.05. The highest BCUT2D eigenvalue weighted by atomic mass is 16.3. The molecule has 0 fully saturated rings. The Kier molecular flexibility index (Phi) is 3.61. The van der Waals surface area contributed by atoms with E-state index in [9.17, 15) is 0 Å². The fourth-order valence-electron chi connectivity index (χ4n) is 5.01. The summed E-state index contributed by atoms with van der Waals surface area (Å²) in [4.78, 5) is 0. The molecule has 7 rings (SSSR count). The zero-order valence-electron chi connectivity index (χ0n) is 17.3. The maximum absolute atomic E-state index is 6.30. The van der Waals surface area contributed by atoms with E-state index < -0.39 is 0 Å². The molecular formula is C29H19N2O-. The molecule has 3 heteroatoms. The van der Waals surface area contributed by atoms with E-state index in [1.165, 1.54) is 22.2 Å². The van der Waals surface area contributed by atoms with Gasteiger partial charge in [0.1, 0.15) is 11.2 Å². The molecule has 0 amide bonds. The van der Waals surface area contributed by atoms with Crippen LogP contribution < -0.4 is 0 Å². The first kappa shape index (κ1) is 17.4. The van der Waals surface area contributed by atoms with Crippen LogP contribution in [0.15, 0.2) is 102 Å². The average Bonchev–Trinajstić information content (AvgIpc) is 3.40. The van der Waals surface area contributed by atoms with Gasteiger partial charge in [0.05, 0.1) is 5.52 Å². The number of para-hydroxylation sites is 3. The molecule has 0 N–H and O–H groups in total. The van der Waals surface area contributed by atoms with Crippen molar-refractivity contribution in [3.63, 3.8) is 0 Å². The number of rotatable bonds is 2. The molecule has 2 aromatic heterocycles. The number of fused-ring (bicyclic) bond motifs is 6. The van der Waals surface area contributed by atoms with Crippen molar-refractivity contribution in [2.75, 3.05) is 0 Å². The molecule has 0 spiro atoms. The van der Waals surface area contributed by atoms with E-state index in [1.54, 1.807) is 0 Å². The average molecular weight is 411 g/mol. The summed E-state index contributed by atoms with van der Waals surface area (Å²) >= 11 is 0. The summed E-state index contributed by atoms with van der Waals surface area (Å²) in [5.74, 6) is 0. The minimum absolute atomic E-state index is 0.684. The maximum Gasteiger partial charge on any atom is 0.143 e. The monoisotopic (exact) mass is 411 g/mol. The fraction of sp³-hybridized carbons (Fsp3) is 0.0345. The molecule has 3 nitrogen and oxygen atoms in total. The molecule has 1 aliphatic heterocycles. The Morgan fingerprint density at radius 2 is 1.56 bits per heavy atom. The van der Waals surface area contributed by atoms with Crippen LogP contribution in [0.4, 0.5) is 0 Å². The lowest BCUT2D eigenvalue weighted by molar-refractivity contribution is 0.670. The van der Waals surface area contributed by atoms with Gasteiger partial charge in [0.2, 0.25) is 0 Å². The van der Waals surface area contributed by atoms with Gasteiger partial charge in [-0.2, -0.15) is 6.20 Å². The first-order chi connectivity index (χ1) is 15.9. The van der Waals surface area contributed by atoms with Crippen LogP contribution in [0.25, 0.3) is 61.0 Å². The predicted molar refractivity (Wildman–Crippen MR) is 132 cm³/mol. The van der Waals surface area contributed by atoms with E-state index in [2.05, 4.69) is 94.8 Å². The number of furan rings is 1. The molecule has 0 bridgehead atoms. The highest BCUT2D eigenvalue weighted by molar-refractivity contribution is 6.09. The summed E-state index contributed by atoms with van der Waals surface area (Å²) < 4.78 is 8.65. The lowest BCUT2D eigenvalue weighted by Crippen LogP contribution is -2.02. The molecule has 1 aliphatic rings. The Labute approximate surface area is 185 Å². The van der Waals surface area contributed by atoms with Crippen LogP contribution in [0.1, 0.15) is 11.3 Å². The quantitative estimate of drug-likeness (QED) is 0.284. The third kappa shape index (κ3) is 2.42. The van der Waals surface area contributed by atoms with Gasteiger partial charge in [-0.05, 0) is 29.8 Å². The van der Waals surface area contributed by atoms with Gasteiger partial charge in [-0.25, -0.2) is 0 Å². The summed E-state index contributed by atoms with van der Waals surface area (Å²) in [5, 5.41) is 8.09. The van der Waals surface area contributed by atoms with Crippen LogP contribution in [0, 0.1) is 0 Å². The van der Waals surface area contributed by atoms with Crippen molar-refractivity contribution in [1.29, 1.82) is 0 Å². The highest BCUT2D eigenvalue weighted by Gasteiger charge is 2.17. The summed E-state index contributed by atoms with van der Waals surface area (Å²) in [6.45, 7) is 0.684. The van der Waals surface area contributed by atoms with Gasteiger partial charge < -0.3 is 14.3 Å². The number of aromatic nitrogens is 1. The SMILES string of the molecule is C1=Cc2c(n(-c3cccc(-c4cccc5c4oc4ccccc45)c3)c3ccccc23)C[N-]1. The van der Waals surface area contributed by atoms with E-state index in [4.69, 9.17) is 4.42 Å². The Balaban J connectivity index is 1.48. The van der Waals surface area contributed by atoms with E-state index in [1.807, 2.05) is 18.3 Å². The number of nitrogens with zero attached hydrogens (tertiary/aromatic N) is 2. The molecule has 0 saturated heterocycles. The Morgan fingerprint density at radius 1 is 0.750 bits per heavy atom. The second kappa shape index (κ2) is 6.63. The molecule has 3 heterocycles. The third-order valence-corrected chi connectivity index (χ3v) is 6.42. The number of hydrogen-bond acceptors (Lipinski definition) is 1. The molecule has 0 aliphatic carbocycles. The largest absolute Gasteiger partial charge is 0.686 e. The molecule has 0 radical (unpaired) electrons. The van der Waals surface area contributed by atoms with Crippen LogP contribution >= 0.6 is 0 Å². The molecule has 0 saturated carbocycles. The fourth-order valence-corrected chi connectivity index (χ4v) is 5.01. The van der Waals surface area contributed by atoms with Crippen molar-refractivity contribution < 1.29 is 4.42 Å². The van der Waals surface area contributed by atoms with Gasteiger partial charge in [0, 0.05) is 38.7 Å². The Morgan fingerprint density at radius 3 is 2.53 bits per heavy atom. The Hall–Kier alpha value is -4.24. The summed E-state index contributed by atoms with van der Waals surface area (Å²) in [7, 11) is 0. The van der Waals surface area contributed by atoms with Crippen molar-refractivity contribution in [1.82, 2.24) is 4.57 Å². The van der Waals surface area contributed by atoms with Gasteiger partial charge >= 0.3 is 0 Å². The smallest absolute Gasteiger partial charge is 0.143 e.